The molecule has 0 unspecified atom stereocenters. The summed E-state index contributed by atoms with van der Waals surface area (Å²) < 4.78 is 17.1. The maximum atomic E-state index is 12.9. The van der Waals surface area contributed by atoms with Crippen LogP contribution in [0.1, 0.15) is 26.7 Å². The molecule has 0 N–H and O–H groups in total. The van der Waals surface area contributed by atoms with E-state index in [1.807, 2.05) is 30.9 Å². The third kappa shape index (κ3) is 2.31. The van der Waals surface area contributed by atoms with E-state index >= 15 is 0 Å². The second-order valence-electron chi connectivity index (χ2n) is 7.24. The molecule has 23 heavy (non-hydrogen) atoms. The van der Waals surface area contributed by atoms with Crippen molar-refractivity contribution in [2.75, 3.05) is 19.7 Å². The van der Waals surface area contributed by atoms with E-state index in [0.717, 1.165) is 19.4 Å². The average Bonchev–Trinajstić information content (AvgIpc) is 3.21. The van der Waals surface area contributed by atoms with Crippen LogP contribution in [0.2, 0.25) is 0 Å². The molecule has 2 bridgehead atoms. The first-order valence-corrected chi connectivity index (χ1v) is 8.48. The highest BCUT2D eigenvalue weighted by atomic mass is 16.6. The molecular formula is C17H23NO5. The number of carbonyl (C=O) groups excluding carboxylic acids is 2. The maximum absolute atomic E-state index is 12.9. The van der Waals surface area contributed by atoms with Gasteiger partial charge in [-0.3, -0.25) is 9.59 Å². The molecule has 4 aliphatic rings. The normalized spacial score (nSPS) is 41.2. The fourth-order valence-electron chi connectivity index (χ4n) is 4.35. The van der Waals surface area contributed by atoms with Gasteiger partial charge in [-0.25, -0.2) is 0 Å². The number of amides is 1. The third-order valence-electron chi connectivity index (χ3n) is 5.25. The average molecular weight is 321 g/mol. The Labute approximate surface area is 135 Å². The first kappa shape index (κ1) is 15.1. The van der Waals surface area contributed by atoms with Crippen LogP contribution < -0.4 is 0 Å². The number of carbonyl (C=O) groups is 2. The molecule has 0 saturated carbocycles. The molecule has 0 aromatic rings. The quantitative estimate of drug-likeness (QED) is 0.568. The zero-order valence-corrected chi connectivity index (χ0v) is 13.6. The van der Waals surface area contributed by atoms with Crippen LogP contribution in [0.4, 0.5) is 0 Å². The van der Waals surface area contributed by atoms with Crippen LogP contribution in [0, 0.1) is 11.8 Å². The van der Waals surface area contributed by atoms with Gasteiger partial charge >= 0.3 is 5.97 Å². The Morgan fingerprint density at radius 3 is 3.04 bits per heavy atom. The van der Waals surface area contributed by atoms with Crippen molar-refractivity contribution in [3.63, 3.8) is 0 Å². The molecule has 6 nitrogen and oxygen atoms in total. The summed E-state index contributed by atoms with van der Waals surface area (Å²) in [4.78, 5) is 27.2. The molecule has 1 spiro atoms. The van der Waals surface area contributed by atoms with Gasteiger partial charge in [0.15, 0.2) is 0 Å². The van der Waals surface area contributed by atoms with Crippen LogP contribution in [0.5, 0.6) is 0 Å². The van der Waals surface area contributed by atoms with E-state index in [1.165, 1.54) is 0 Å². The van der Waals surface area contributed by atoms with Gasteiger partial charge in [-0.2, -0.15) is 0 Å². The highest BCUT2D eigenvalue weighted by molar-refractivity contribution is 5.91. The molecule has 1 amide bonds. The van der Waals surface area contributed by atoms with E-state index in [1.54, 1.807) is 0 Å². The van der Waals surface area contributed by atoms with Gasteiger partial charge in [-0.1, -0.05) is 12.2 Å². The first-order chi connectivity index (χ1) is 11.0. The largest absolute Gasteiger partial charge is 0.463 e. The van der Waals surface area contributed by atoms with Gasteiger partial charge in [-0.15, -0.1) is 0 Å². The fourth-order valence-corrected chi connectivity index (χ4v) is 4.35. The summed E-state index contributed by atoms with van der Waals surface area (Å²) in [5.74, 6) is -1.30. The first-order valence-electron chi connectivity index (χ1n) is 8.48. The predicted molar refractivity (Wildman–Crippen MR) is 80.5 cm³/mol. The van der Waals surface area contributed by atoms with E-state index in [9.17, 15) is 9.59 Å². The minimum atomic E-state index is -0.652. The Balaban J connectivity index is 1.54. The van der Waals surface area contributed by atoms with Gasteiger partial charge in [0.05, 0.1) is 30.8 Å². The molecule has 3 saturated heterocycles. The lowest BCUT2D eigenvalue weighted by molar-refractivity contribution is -0.157. The van der Waals surface area contributed by atoms with Gasteiger partial charge in [0.1, 0.15) is 11.5 Å². The zero-order valence-electron chi connectivity index (χ0n) is 13.6. The van der Waals surface area contributed by atoms with E-state index in [-0.39, 0.29) is 30.2 Å². The molecule has 3 fully saturated rings. The standard InChI is InChI=1S/C17H23NO5/c1-10(2)22-16(20)13-12-5-6-17(23-12)9-18(15(19)14(13)17)8-11-4-3-7-21-11/h5-6,10-14H,3-4,7-9H2,1-2H3/t11-,12+,13-,14+,17-/m1/s1. The molecule has 4 heterocycles. The topological polar surface area (TPSA) is 65.1 Å². The monoisotopic (exact) mass is 321 g/mol. The Hall–Kier alpha value is -1.40. The molecule has 5 atom stereocenters. The van der Waals surface area contributed by atoms with Crippen molar-refractivity contribution in [1.29, 1.82) is 0 Å². The second-order valence-corrected chi connectivity index (χ2v) is 7.24. The van der Waals surface area contributed by atoms with E-state index in [0.29, 0.717) is 13.1 Å². The van der Waals surface area contributed by atoms with Crippen LogP contribution >= 0.6 is 0 Å². The van der Waals surface area contributed by atoms with E-state index in [4.69, 9.17) is 14.2 Å². The number of fused-ring (bicyclic) bond motifs is 1. The smallest absolute Gasteiger partial charge is 0.313 e. The molecule has 6 heteroatoms. The highest BCUT2D eigenvalue weighted by Crippen LogP contribution is 2.52. The Morgan fingerprint density at radius 2 is 2.35 bits per heavy atom. The van der Waals surface area contributed by atoms with Gasteiger partial charge in [0.25, 0.3) is 0 Å². The lowest BCUT2D eigenvalue weighted by atomic mass is 9.77. The molecule has 4 aliphatic heterocycles. The second kappa shape index (κ2) is 5.31. The zero-order chi connectivity index (χ0) is 16.2. The number of hydrogen-bond acceptors (Lipinski definition) is 5. The Bertz CT molecular complexity index is 553. The number of ether oxygens (including phenoxy) is 3. The van der Waals surface area contributed by atoms with E-state index in [2.05, 4.69) is 0 Å². The van der Waals surface area contributed by atoms with Crippen LogP contribution in [-0.2, 0) is 23.8 Å². The maximum Gasteiger partial charge on any atom is 0.313 e. The van der Waals surface area contributed by atoms with Crippen LogP contribution in [-0.4, -0.2) is 60.4 Å². The van der Waals surface area contributed by atoms with Crippen LogP contribution in [0.3, 0.4) is 0 Å². The summed E-state index contributed by atoms with van der Waals surface area (Å²) in [6.45, 7) is 5.50. The molecule has 126 valence electrons. The van der Waals surface area contributed by atoms with Crippen molar-refractivity contribution in [3.05, 3.63) is 12.2 Å². The summed E-state index contributed by atoms with van der Waals surface area (Å²) in [7, 11) is 0. The van der Waals surface area contributed by atoms with E-state index < -0.39 is 17.4 Å². The minimum Gasteiger partial charge on any atom is -0.463 e. The van der Waals surface area contributed by atoms with Crippen LogP contribution in [0.25, 0.3) is 0 Å². The molecule has 0 aromatic carbocycles. The molecule has 0 aromatic heterocycles. The third-order valence-corrected chi connectivity index (χ3v) is 5.25. The number of rotatable bonds is 4. The van der Waals surface area contributed by atoms with Gasteiger partial charge < -0.3 is 19.1 Å². The Kier molecular flexibility index (Phi) is 3.50. The summed E-state index contributed by atoms with van der Waals surface area (Å²) in [6, 6.07) is 0. The van der Waals surface area contributed by atoms with Crippen LogP contribution in [0.15, 0.2) is 12.2 Å². The number of nitrogens with zero attached hydrogens (tertiary/aromatic N) is 1. The molecule has 0 aliphatic carbocycles. The van der Waals surface area contributed by atoms with Crippen molar-refractivity contribution < 1.29 is 23.8 Å². The lowest BCUT2D eigenvalue weighted by Crippen LogP contribution is -2.41. The Morgan fingerprint density at radius 1 is 1.52 bits per heavy atom. The summed E-state index contributed by atoms with van der Waals surface area (Å²) >= 11 is 0. The SMILES string of the molecule is CC(C)OC(=O)[C@@H]1[C@@H]2C=C[C@]3(CN(C[C@H]4CCCO4)C(=O)[C@H]13)O2. The summed E-state index contributed by atoms with van der Waals surface area (Å²) in [5.41, 5.74) is -0.652. The summed E-state index contributed by atoms with van der Waals surface area (Å²) in [5, 5.41) is 0. The van der Waals surface area contributed by atoms with Crippen molar-refractivity contribution in [2.24, 2.45) is 11.8 Å². The van der Waals surface area contributed by atoms with Crippen molar-refractivity contribution >= 4 is 11.9 Å². The number of esters is 1. The number of hydrogen-bond donors (Lipinski definition) is 0. The van der Waals surface area contributed by atoms with Gasteiger partial charge in [0.2, 0.25) is 5.91 Å². The fraction of sp³-hybridized carbons (Fsp3) is 0.765. The van der Waals surface area contributed by atoms with Crippen molar-refractivity contribution in [2.45, 2.75) is 50.6 Å². The highest BCUT2D eigenvalue weighted by Gasteiger charge is 2.67. The predicted octanol–water partition coefficient (Wildman–Crippen LogP) is 0.899. The molecular weight excluding hydrogens is 298 g/mol. The van der Waals surface area contributed by atoms with Gasteiger partial charge in [-0.05, 0) is 26.7 Å². The van der Waals surface area contributed by atoms with Crippen molar-refractivity contribution in [1.82, 2.24) is 4.90 Å². The van der Waals surface area contributed by atoms with Gasteiger partial charge in [0, 0.05) is 13.2 Å². The minimum absolute atomic E-state index is 0.00180. The molecule has 4 rings (SSSR count). The molecule has 0 radical (unpaired) electrons. The number of likely N-dealkylation sites (tertiary alicyclic amines) is 1. The van der Waals surface area contributed by atoms with Crippen molar-refractivity contribution in [3.8, 4) is 0 Å². The lowest BCUT2D eigenvalue weighted by Gasteiger charge is -2.24. The summed E-state index contributed by atoms with van der Waals surface area (Å²) in [6.07, 6.45) is 5.49.